The zero-order valence-electron chi connectivity index (χ0n) is 33.6. The zero-order chi connectivity index (χ0) is 41.9. The summed E-state index contributed by atoms with van der Waals surface area (Å²) in [6.07, 6.45) is 4.96. The molecule has 310 valence electrons. The Morgan fingerprint density at radius 2 is 1.76 bits per heavy atom. The Morgan fingerprint density at radius 1 is 1.00 bits per heavy atom. The predicted octanol–water partition coefficient (Wildman–Crippen LogP) is 9.22. The minimum absolute atomic E-state index is 0.0240. The maximum atomic E-state index is 13.9. The second-order valence-electron chi connectivity index (χ2n) is 15.8. The molecule has 0 bridgehead atoms. The maximum absolute atomic E-state index is 13.9. The van der Waals surface area contributed by atoms with Crippen LogP contribution in [0.5, 0.6) is 11.5 Å². The van der Waals surface area contributed by atoms with Gasteiger partial charge in [0.15, 0.2) is 0 Å². The van der Waals surface area contributed by atoms with E-state index in [4.69, 9.17) is 21.1 Å². The third-order valence-electron chi connectivity index (χ3n) is 11.2. The van der Waals surface area contributed by atoms with Crippen molar-refractivity contribution in [3.8, 4) is 11.5 Å². The molecular weight excluding hydrogens is 792 g/mol. The number of carbonyl (C=O) groups excluding carboxylic acids is 1. The normalized spacial score (nSPS) is 16.5. The Balaban J connectivity index is 1.12. The average molecular weight is 841 g/mol. The number of nitrogens with zero attached hydrogens (tertiary/aromatic N) is 3. The van der Waals surface area contributed by atoms with Gasteiger partial charge < -0.3 is 24.7 Å². The third kappa shape index (κ3) is 9.57. The summed E-state index contributed by atoms with van der Waals surface area (Å²) in [6, 6.07) is 24.0. The molecule has 1 aliphatic carbocycles. The molecule has 1 atom stereocenters. The van der Waals surface area contributed by atoms with Crippen molar-refractivity contribution in [1.29, 1.82) is 0 Å². The van der Waals surface area contributed by atoms with Crippen molar-refractivity contribution in [3.05, 3.63) is 123 Å². The summed E-state index contributed by atoms with van der Waals surface area (Å²) >= 11 is 6.24. The van der Waals surface area contributed by atoms with Gasteiger partial charge in [0, 0.05) is 79.8 Å². The highest BCUT2D eigenvalue weighted by molar-refractivity contribution is 7.90. The molecule has 1 amide bonds. The van der Waals surface area contributed by atoms with Crippen LogP contribution in [0.2, 0.25) is 5.02 Å². The van der Waals surface area contributed by atoms with Gasteiger partial charge in [-0.05, 0) is 96.8 Å². The van der Waals surface area contributed by atoms with Gasteiger partial charge in [0.05, 0.1) is 15.4 Å². The van der Waals surface area contributed by atoms with Gasteiger partial charge in [-0.3, -0.25) is 19.8 Å². The summed E-state index contributed by atoms with van der Waals surface area (Å²) in [5.74, 6) is -0.318. The molecule has 1 fully saturated rings. The van der Waals surface area contributed by atoms with Crippen LogP contribution in [0.25, 0.3) is 16.5 Å². The zero-order valence-corrected chi connectivity index (χ0v) is 35.2. The van der Waals surface area contributed by atoms with E-state index in [0.717, 1.165) is 79.7 Å². The largest absolute Gasteiger partial charge is 0.456 e. The van der Waals surface area contributed by atoms with Crippen LogP contribution in [0, 0.1) is 15.5 Å². The second-order valence-corrected chi connectivity index (χ2v) is 17.9. The number of ether oxygens (including phenoxy) is 2. The van der Waals surface area contributed by atoms with Crippen LogP contribution in [-0.2, 0) is 14.8 Å². The molecular formula is C44H49ClN6O7S. The summed E-state index contributed by atoms with van der Waals surface area (Å²) in [7, 11) is -3.10. The molecule has 2 aliphatic rings. The van der Waals surface area contributed by atoms with E-state index in [1.807, 2.05) is 37.3 Å². The molecule has 5 aromatic rings. The highest BCUT2D eigenvalue weighted by Gasteiger charge is 2.30. The van der Waals surface area contributed by atoms with Crippen molar-refractivity contribution in [2.24, 2.45) is 5.41 Å². The fraction of sp³-hybridized carbons (Fsp3) is 0.341. The van der Waals surface area contributed by atoms with Crippen LogP contribution in [0.15, 0.2) is 102 Å². The number of nitrogens with one attached hydrogen (secondary N) is 3. The van der Waals surface area contributed by atoms with Crippen LogP contribution in [0.3, 0.4) is 0 Å². The lowest BCUT2D eigenvalue weighted by atomic mass is 9.72. The SMILES string of the molecule is CCC(Nc1ccc(S(=O)(=O)NC(=O)c2ccc(N3CCN(CC4=C(c5ccc(Cl)cc5)CC(C)(C)CC4)CC3)cc2Oc2cccc3[nH]ccc23)cc1[N+](=O)[O-])OC. The van der Waals surface area contributed by atoms with E-state index < -0.39 is 37.7 Å². The highest BCUT2D eigenvalue weighted by atomic mass is 35.5. The lowest BCUT2D eigenvalue weighted by Gasteiger charge is -2.39. The van der Waals surface area contributed by atoms with E-state index >= 15 is 0 Å². The number of rotatable bonds is 14. The van der Waals surface area contributed by atoms with Crippen molar-refractivity contribution < 1.29 is 27.6 Å². The van der Waals surface area contributed by atoms with E-state index in [-0.39, 0.29) is 22.4 Å². The number of carbonyl (C=O) groups is 1. The molecule has 0 saturated carbocycles. The molecule has 1 unspecified atom stereocenters. The fourth-order valence-electron chi connectivity index (χ4n) is 7.83. The van der Waals surface area contributed by atoms with Gasteiger partial charge >= 0.3 is 0 Å². The number of sulfonamides is 1. The quantitative estimate of drug-likeness (QED) is 0.0559. The van der Waals surface area contributed by atoms with Crippen LogP contribution in [-0.4, -0.2) is 75.2 Å². The minimum atomic E-state index is -4.56. The first-order valence-electron chi connectivity index (χ1n) is 19.7. The predicted molar refractivity (Wildman–Crippen MR) is 232 cm³/mol. The fourth-order valence-corrected chi connectivity index (χ4v) is 8.94. The first-order valence-corrected chi connectivity index (χ1v) is 21.6. The summed E-state index contributed by atoms with van der Waals surface area (Å²) in [5, 5.41) is 16.4. The van der Waals surface area contributed by atoms with Crippen molar-refractivity contribution in [1.82, 2.24) is 14.6 Å². The van der Waals surface area contributed by atoms with Crippen LogP contribution >= 0.6 is 11.6 Å². The number of anilines is 2. The third-order valence-corrected chi connectivity index (χ3v) is 12.8. The molecule has 1 saturated heterocycles. The maximum Gasteiger partial charge on any atom is 0.293 e. The van der Waals surface area contributed by atoms with E-state index in [0.29, 0.717) is 12.2 Å². The van der Waals surface area contributed by atoms with Gasteiger partial charge in [-0.1, -0.05) is 56.1 Å². The Hall–Kier alpha value is -5.41. The Kier molecular flexibility index (Phi) is 12.3. The monoisotopic (exact) mass is 840 g/mol. The number of methoxy groups -OCH3 is 1. The number of halogens is 1. The number of piperazine rings is 1. The molecule has 7 rings (SSSR count). The molecule has 2 heterocycles. The van der Waals surface area contributed by atoms with Gasteiger partial charge in [-0.25, -0.2) is 13.1 Å². The summed E-state index contributed by atoms with van der Waals surface area (Å²) in [5.41, 5.74) is 5.56. The second kappa shape index (κ2) is 17.4. The average Bonchev–Trinajstić information content (AvgIpc) is 3.71. The number of fused-ring (bicyclic) bond motifs is 1. The number of allylic oxidation sites excluding steroid dienone is 1. The highest BCUT2D eigenvalue weighted by Crippen LogP contribution is 2.43. The number of aromatic nitrogens is 1. The van der Waals surface area contributed by atoms with Crippen molar-refractivity contribution in [3.63, 3.8) is 0 Å². The van der Waals surface area contributed by atoms with E-state index in [1.165, 1.54) is 36.0 Å². The smallest absolute Gasteiger partial charge is 0.293 e. The van der Waals surface area contributed by atoms with Crippen molar-refractivity contribution in [2.75, 3.05) is 50.1 Å². The summed E-state index contributed by atoms with van der Waals surface area (Å²) in [4.78, 5) is 32.6. The lowest BCUT2D eigenvalue weighted by Crippen LogP contribution is -2.47. The Bertz CT molecular complexity index is 2490. The molecule has 3 N–H and O–H groups in total. The van der Waals surface area contributed by atoms with Crippen molar-refractivity contribution >= 4 is 61.1 Å². The molecule has 0 spiro atoms. The van der Waals surface area contributed by atoms with Crippen molar-refractivity contribution in [2.45, 2.75) is 57.6 Å². The first-order chi connectivity index (χ1) is 28.2. The van der Waals surface area contributed by atoms with Gasteiger partial charge in [-0.15, -0.1) is 0 Å². The molecule has 59 heavy (non-hydrogen) atoms. The number of hydrogen-bond acceptors (Lipinski definition) is 10. The number of nitro groups is 1. The first kappa shape index (κ1) is 41.7. The van der Waals surface area contributed by atoms with Crippen LogP contribution < -0.4 is 19.7 Å². The molecule has 1 aromatic heterocycles. The molecule has 4 aromatic carbocycles. The number of nitro benzene ring substituents is 1. The minimum Gasteiger partial charge on any atom is -0.456 e. The van der Waals surface area contributed by atoms with Gasteiger partial charge in [0.1, 0.15) is 23.4 Å². The number of H-pyrrole nitrogens is 1. The molecule has 1 aliphatic heterocycles. The van der Waals surface area contributed by atoms with Gasteiger partial charge in [-0.2, -0.15) is 0 Å². The van der Waals surface area contributed by atoms with Gasteiger partial charge in [0.2, 0.25) is 0 Å². The van der Waals surface area contributed by atoms with E-state index in [1.54, 1.807) is 30.5 Å². The Morgan fingerprint density at radius 3 is 2.47 bits per heavy atom. The molecule has 0 radical (unpaired) electrons. The number of benzene rings is 4. The summed E-state index contributed by atoms with van der Waals surface area (Å²) < 4.78 is 41.1. The van der Waals surface area contributed by atoms with E-state index in [9.17, 15) is 23.3 Å². The van der Waals surface area contributed by atoms with E-state index in [2.05, 4.69) is 50.8 Å². The number of amides is 1. The number of aromatic amines is 1. The standard InChI is InChI=1S/C44H49ClN6O7S/c1-5-42(57-4)47-38-16-14-33(26-39(38)51(53)54)59(55,56)48-43(52)35-15-13-32(25-41(35)58-40-8-6-7-37-34(40)18-20-46-37)50-23-21-49(22-24-50)28-30-17-19-44(2,3)27-36(30)29-9-11-31(45)12-10-29/h6-16,18,20,25-26,42,46-47H,5,17,19,21-24,27-28H2,1-4H3,(H,48,52). The molecule has 13 nitrogen and oxygen atoms in total. The van der Waals surface area contributed by atoms with Crippen LogP contribution in [0.1, 0.15) is 62.4 Å². The lowest BCUT2D eigenvalue weighted by molar-refractivity contribution is -0.384. The number of hydrogen-bond donors (Lipinski definition) is 3. The Labute approximate surface area is 349 Å². The van der Waals surface area contributed by atoms with Gasteiger partial charge in [0.25, 0.3) is 21.6 Å². The van der Waals surface area contributed by atoms with Crippen LogP contribution in [0.4, 0.5) is 17.1 Å². The molecule has 15 heteroatoms. The topological polar surface area (TPSA) is 159 Å². The summed E-state index contributed by atoms with van der Waals surface area (Å²) in [6.45, 7) is 10.5.